The minimum absolute atomic E-state index is 0.363. The molecule has 1 unspecified atom stereocenters. The Morgan fingerprint density at radius 2 is 1.93 bits per heavy atom. The van der Waals surface area contributed by atoms with Gasteiger partial charge in [-0.1, -0.05) is 6.07 Å². The number of carbonyl (C=O) groups excluding carboxylic acids is 1. The van der Waals surface area contributed by atoms with E-state index in [1.54, 1.807) is 30.7 Å². The summed E-state index contributed by atoms with van der Waals surface area (Å²) in [6.45, 7) is 0.395. The van der Waals surface area contributed by atoms with Crippen LogP contribution in [0, 0.1) is 0 Å². The molecule has 0 radical (unpaired) electrons. The normalized spacial score (nSPS) is 10.8. The fourth-order valence-electron chi connectivity index (χ4n) is 2.82. The molecular weight excluding hydrogens is 375 g/mol. The molecule has 0 spiro atoms. The van der Waals surface area contributed by atoms with Crippen LogP contribution in [0.25, 0.3) is 16.7 Å². The highest BCUT2D eigenvalue weighted by molar-refractivity contribution is 7.14. The van der Waals surface area contributed by atoms with E-state index < -0.39 is 5.91 Å². The number of pyridine rings is 1. The summed E-state index contributed by atoms with van der Waals surface area (Å²) in [7, 11) is 1.94. The number of ether oxygens (including phenoxy) is 1. The van der Waals surface area contributed by atoms with Crippen molar-refractivity contribution < 1.29 is 14.7 Å². The number of imidazole rings is 1. The second-order valence-electron chi connectivity index (χ2n) is 6.07. The van der Waals surface area contributed by atoms with Crippen molar-refractivity contribution >= 4 is 26.3 Å². The van der Waals surface area contributed by atoms with Gasteiger partial charge in [0, 0.05) is 17.4 Å². The summed E-state index contributed by atoms with van der Waals surface area (Å²) in [5.74, 6) is 0.214. The molecule has 0 aliphatic rings. The first-order chi connectivity index (χ1) is 13.6. The predicted molar refractivity (Wildman–Crippen MR) is 107 cm³/mol. The van der Waals surface area contributed by atoms with Crippen LogP contribution in [-0.2, 0) is 6.61 Å². The Labute approximate surface area is 163 Å². The summed E-state index contributed by atoms with van der Waals surface area (Å²) in [6, 6.07) is 18.3. The third-order valence-electron chi connectivity index (χ3n) is 4.23. The Hall–Kier alpha value is -3.28. The van der Waals surface area contributed by atoms with E-state index in [9.17, 15) is 10.0 Å². The molecule has 4 aromatic rings. The summed E-state index contributed by atoms with van der Waals surface area (Å²) in [6.07, 6.45) is 3.43. The molecule has 0 saturated carbocycles. The van der Waals surface area contributed by atoms with E-state index in [4.69, 9.17) is 4.74 Å². The molecule has 0 fully saturated rings. The Morgan fingerprint density at radius 3 is 2.64 bits per heavy atom. The first-order valence-electron chi connectivity index (χ1n) is 8.50. The van der Waals surface area contributed by atoms with Crippen LogP contribution in [0.4, 0.5) is 0 Å². The van der Waals surface area contributed by atoms with E-state index in [1.165, 1.54) is 0 Å². The largest absolute Gasteiger partial charge is 0.487 e. The Balaban J connectivity index is 1.57. The molecule has 0 aliphatic heterocycles. The first kappa shape index (κ1) is 18.1. The van der Waals surface area contributed by atoms with Crippen molar-refractivity contribution in [3.63, 3.8) is 0 Å². The van der Waals surface area contributed by atoms with E-state index in [2.05, 4.69) is 9.97 Å². The fourth-order valence-corrected chi connectivity index (χ4v) is 2.97. The van der Waals surface area contributed by atoms with Crippen LogP contribution < -0.4 is 4.74 Å². The average Bonchev–Trinajstić information content (AvgIpc) is 3.16. The van der Waals surface area contributed by atoms with Crippen LogP contribution >= 0.6 is 9.39 Å². The molecule has 28 heavy (non-hydrogen) atoms. The minimum Gasteiger partial charge on any atom is -0.487 e. The van der Waals surface area contributed by atoms with Crippen molar-refractivity contribution in [2.24, 2.45) is 0 Å². The fraction of sp³-hybridized carbons (Fsp3) is 0.0500. The highest BCUT2D eigenvalue weighted by Crippen LogP contribution is 2.23. The molecule has 8 heteroatoms. The lowest BCUT2D eigenvalue weighted by atomic mass is 10.2. The number of nitrogens with zero attached hydrogens (tertiary/aromatic N) is 4. The maximum atomic E-state index is 12.0. The van der Waals surface area contributed by atoms with Gasteiger partial charge in [0.25, 0.3) is 5.91 Å². The van der Waals surface area contributed by atoms with E-state index in [1.807, 2.05) is 56.4 Å². The second kappa shape index (κ2) is 7.76. The van der Waals surface area contributed by atoms with Gasteiger partial charge in [-0.3, -0.25) is 19.6 Å². The third kappa shape index (κ3) is 3.71. The molecule has 1 N–H and O–H groups in total. The Kier molecular flexibility index (Phi) is 5.02. The number of rotatable bonds is 5. The van der Waals surface area contributed by atoms with Crippen LogP contribution in [0.1, 0.15) is 16.1 Å². The molecule has 0 aliphatic carbocycles. The van der Waals surface area contributed by atoms with E-state index >= 15 is 0 Å². The monoisotopic (exact) mass is 392 g/mol. The quantitative estimate of drug-likeness (QED) is 0.319. The number of hydrogen-bond acceptors (Lipinski definition) is 5. The summed E-state index contributed by atoms with van der Waals surface area (Å²) in [4.78, 5) is 21.1. The van der Waals surface area contributed by atoms with E-state index in [0.717, 1.165) is 28.2 Å². The van der Waals surface area contributed by atoms with Gasteiger partial charge in [-0.25, -0.2) is 9.82 Å². The molecule has 140 valence electrons. The molecule has 0 saturated heterocycles. The summed E-state index contributed by atoms with van der Waals surface area (Å²) >= 11 is 0. The van der Waals surface area contributed by atoms with Crippen LogP contribution in [0.3, 0.4) is 0 Å². The number of fused-ring (bicyclic) bond motifs is 1. The second-order valence-corrected chi connectivity index (χ2v) is 6.56. The SMILES string of the molecule is O=C(c1ccc2ncn(-c3ccc(OCc4ccccn4)cc3)c2c1)N(O)P. The molecule has 7 nitrogen and oxygen atoms in total. The predicted octanol–water partition coefficient (Wildman–Crippen LogP) is 3.62. The van der Waals surface area contributed by atoms with Gasteiger partial charge in [-0.05, 0) is 64.0 Å². The Morgan fingerprint density at radius 1 is 1.11 bits per heavy atom. The van der Waals surface area contributed by atoms with Crippen LogP contribution in [0.15, 0.2) is 73.2 Å². The van der Waals surface area contributed by atoms with E-state index in [0.29, 0.717) is 17.0 Å². The van der Waals surface area contributed by atoms with Crippen molar-refractivity contribution in [2.75, 3.05) is 0 Å². The smallest absolute Gasteiger partial charge is 0.280 e. The number of hydroxylamine groups is 1. The van der Waals surface area contributed by atoms with Gasteiger partial charge in [-0.15, -0.1) is 0 Å². The molecule has 4 rings (SSSR count). The lowest BCUT2D eigenvalue weighted by molar-refractivity contribution is 0.0146. The van der Waals surface area contributed by atoms with E-state index in [-0.39, 0.29) is 0 Å². The topological polar surface area (TPSA) is 80.5 Å². The summed E-state index contributed by atoms with van der Waals surface area (Å²) in [5.41, 5.74) is 3.61. The highest BCUT2D eigenvalue weighted by Gasteiger charge is 2.13. The van der Waals surface area contributed by atoms with Gasteiger partial charge in [0.15, 0.2) is 0 Å². The lowest BCUT2D eigenvalue weighted by Crippen LogP contribution is -2.16. The number of carbonyl (C=O) groups is 1. The number of hydrogen-bond donors (Lipinski definition) is 1. The number of aromatic nitrogens is 3. The van der Waals surface area contributed by atoms with Crippen molar-refractivity contribution in [3.8, 4) is 11.4 Å². The van der Waals surface area contributed by atoms with Gasteiger partial charge < -0.3 is 4.74 Å². The zero-order chi connectivity index (χ0) is 19.5. The molecule has 2 aromatic carbocycles. The summed E-state index contributed by atoms with van der Waals surface area (Å²) in [5, 5.41) is 9.35. The van der Waals surface area contributed by atoms with Gasteiger partial charge in [0.05, 0.1) is 16.7 Å². The molecule has 1 atom stereocenters. The molecule has 0 bridgehead atoms. The Bertz CT molecular complexity index is 1110. The third-order valence-corrected chi connectivity index (χ3v) is 4.46. The molecular formula is C20H17N4O3P. The lowest BCUT2D eigenvalue weighted by Gasteiger charge is -2.10. The number of benzene rings is 2. The van der Waals surface area contributed by atoms with Crippen LogP contribution in [-0.4, -0.2) is 30.5 Å². The van der Waals surface area contributed by atoms with Gasteiger partial charge >= 0.3 is 0 Å². The van der Waals surface area contributed by atoms with Crippen molar-refractivity contribution in [1.82, 2.24) is 19.4 Å². The average molecular weight is 392 g/mol. The zero-order valence-corrected chi connectivity index (χ0v) is 15.9. The maximum absolute atomic E-state index is 12.0. The standard InChI is InChI=1S/C20H17N4O3P/c25-20(24(26)28)14-4-9-18-19(11-14)23(13-22-18)16-5-7-17(8-6-16)27-12-15-3-1-2-10-21-15/h1-11,13,26H,12,28H2. The molecule has 2 heterocycles. The van der Waals surface area contributed by atoms with Gasteiger partial charge in [0.1, 0.15) is 18.7 Å². The summed E-state index contributed by atoms with van der Waals surface area (Å²) < 4.78 is 7.64. The zero-order valence-electron chi connectivity index (χ0n) is 14.8. The van der Waals surface area contributed by atoms with Crippen LogP contribution in [0.2, 0.25) is 0 Å². The van der Waals surface area contributed by atoms with Gasteiger partial charge in [-0.2, -0.15) is 0 Å². The molecule has 1 amide bonds. The van der Waals surface area contributed by atoms with Crippen LogP contribution in [0.5, 0.6) is 5.75 Å². The molecule has 2 aromatic heterocycles. The number of amides is 1. The maximum Gasteiger partial charge on any atom is 0.280 e. The van der Waals surface area contributed by atoms with Crippen molar-refractivity contribution in [2.45, 2.75) is 6.61 Å². The highest BCUT2D eigenvalue weighted by atomic mass is 31.0. The van der Waals surface area contributed by atoms with Crippen molar-refractivity contribution in [1.29, 1.82) is 0 Å². The minimum atomic E-state index is -0.516. The van der Waals surface area contributed by atoms with Gasteiger partial charge in [0.2, 0.25) is 0 Å². The van der Waals surface area contributed by atoms with Crippen molar-refractivity contribution in [3.05, 3.63) is 84.4 Å². The first-order valence-corrected chi connectivity index (χ1v) is 9.02.